The maximum atomic E-state index is 12.3. The Balaban J connectivity index is 1.26. The fourth-order valence-electron chi connectivity index (χ4n) is 4.11. The Kier molecular flexibility index (Phi) is 6.63. The first-order valence-electron chi connectivity index (χ1n) is 10.9. The number of carbonyl (C=O) groups is 1. The SMILES string of the molecule is CC(C)c1ccc(-c2ncc(CN3CCN(CC(=O)N4CCCC4)CC3)s2)cc1. The van der Waals surface area contributed by atoms with Gasteiger partial charge in [-0.25, -0.2) is 4.98 Å². The molecule has 6 heteroatoms. The fourth-order valence-corrected chi connectivity index (χ4v) is 5.07. The quantitative estimate of drug-likeness (QED) is 0.726. The number of hydrogen-bond donors (Lipinski definition) is 0. The minimum Gasteiger partial charge on any atom is -0.342 e. The number of piperazine rings is 1. The molecule has 2 aromatic rings. The summed E-state index contributed by atoms with van der Waals surface area (Å²) in [6.07, 6.45) is 4.36. The van der Waals surface area contributed by atoms with E-state index in [2.05, 4.69) is 52.9 Å². The normalized spacial score (nSPS) is 18.7. The van der Waals surface area contributed by atoms with E-state index in [9.17, 15) is 4.79 Å². The Bertz CT molecular complexity index is 803. The molecule has 0 spiro atoms. The lowest BCUT2D eigenvalue weighted by Crippen LogP contribution is -2.49. The first-order chi connectivity index (χ1) is 14.1. The molecule has 4 rings (SSSR count). The number of thiazole rings is 1. The largest absolute Gasteiger partial charge is 0.342 e. The predicted octanol–water partition coefficient (Wildman–Crippen LogP) is 3.67. The van der Waals surface area contributed by atoms with E-state index in [1.807, 2.05) is 11.1 Å². The van der Waals surface area contributed by atoms with Crippen LogP contribution >= 0.6 is 11.3 Å². The second-order valence-electron chi connectivity index (χ2n) is 8.55. The van der Waals surface area contributed by atoms with Gasteiger partial charge in [0.2, 0.25) is 5.91 Å². The highest BCUT2D eigenvalue weighted by Gasteiger charge is 2.23. The summed E-state index contributed by atoms with van der Waals surface area (Å²) in [7, 11) is 0. The Labute approximate surface area is 178 Å². The fraction of sp³-hybridized carbons (Fsp3) is 0.565. The average Bonchev–Trinajstić information content (AvgIpc) is 3.42. The zero-order valence-electron chi connectivity index (χ0n) is 17.6. The minimum absolute atomic E-state index is 0.312. The van der Waals surface area contributed by atoms with Crippen LogP contribution in [0.1, 0.15) is 43.0 Å². The lowest BCUT2D eigenvalue weighted by Gasteiger charge is -2.34. The average molecular weight is 413 g/mol. The van der Waals surface area contributed by atoms with Crippen molar-refractivity contribution in [2.45, 2.75) is 39.2 Å². The first-order valence-corrected chi connectivity index (χ1v) is 11.7. The molecule has 3 heterocycles. The van der Waals surface area contributed by atoms with E-state index in [0.29, 0.717) is 18.4 Å². The van der Waals surface area contributed by atoms with E-state index >= 15 is 0 Å². The number of nitrogens with zero attached hydrogens (tertiary/aromatic N) is 4. The topological polar surface area (TPSA) is 39.7 Å². The van der Waals surface area contributed by atoms with Gasteiger partial charge in [0.15, 0.2) is 0 Å². The summed E-state index contributed by atoms with van der Waals surface area (Å²) in [5.41, 5.74) is 2.57. The van der Waals surface area contributed by atoms with E-state index in [0.717, 1.165) is 63.7 Å². The summed E-state index contributed by atoms with van der Waals surface area (Å²) in [6, 6.07) is 8.80. The molecule has 1 amide bonds. The van der Waals surface area contributed by atoms with Crippen LogP contribution in [0.15, 0.2) is 30.5 Å². The smallest absolute Gasteiger partial charge is 0.236 e. The Morgan fingerprint density at radius 3 is 2.31 bits per heavy atom. The molecule has 2 saturated heterocycles. The van der Waals surface area contributed by atoms with Crippen LogP contribution in [-0.2, 0) is 11.3 Å². The highest BCUT2D eigenvalue weighted by molar-refractivity contribution is 7.15. The molecule has 1 aromatic heterocycles. The van der Waals surface area contributed by atoms with Crippen LogP contribution in [0.4, 0.5) is 0 Å². The maximum absolute atomic E-state index is 12.3. The third kappa shape index (κ3) is 5.24. The molecule has 0 radical (unpaired) electrons. The highest BCUT2D eigenvalue weighted by atomic mass is 32.1. The number of benzene rings is 1. The lowest BCUT2D eigenvalue weighted by molar-refractivity contribution is -0.131. The van der Waals surface area contributed by atoms with Crippen LogP contribution in [0, 0.1) is 0 Å². The van der Waals surface area contributed by atoms with Crippen LogP contribution in [0.25, 0.3) is 10.6 Å². The van der Waals surface area contributed by atoms with Crippen molar-refractivity contribution >= 4 is 17.2 Å². The molecule has 29 heavy (non-hydrogen) atoms. The molecule has 0 N–H and O–H groups in total. The first kappa shape index (κ1) is 20.5. The Morgan fingerprint density at radius 1 is 1.00 bits per heavy atom. The van der Waals surface area contributed by atoms with Gasteiger partial charge in [0.25, 0.3) is 0 Å². The monoisotopic (exact) mass is 412 g/mol. The highest BCUT2D eigenvalue weighted by Crippen LogP contribution is 2.27. The number of carbonyl (C=O) groups excluding carboxylic acids is 1. The molecular weight excluding hydrogens is 380 g/mol. The Morgan fingerprint density at radius 2 is 1.66 bits per heavy atom. The molecular formula is C23H32N4OS. The molecule has 0 saturated carbocycles. The van der Waals surface area contributed by atoms with Crippen molar-refractivity contribution in [2.75, 3.05) is 45.8 Å². The second kappa shape index (κ2) is 9.37. The van der Waals surface area contributed by atoms with Crippen LogP contribution in [-0.4, -0.2) is 71.4 Å². The van der Waals surface area contributed by atoms with Gasteiger partial charge in [0.1, 0.15) is 5.01 Å². The molecule has 0 bridgehead atoms. The summed E-state index contributed by atoms with van der Waals surface area (Å²) in [5.74, 6) is 0.867. The number of amides is 1. The van der Waals surface area contributed by atoms with Crippen molar-refractivity contribution in [3.8, 4) is 10.6 Å². The summed E-state index contributed by atoms with van der Waals surface area (Å²) in [6.45, 7) is 11.9. The molecule has 156 valence electrons. The zero-order valence-corrected chi connectivity index (χ0v) is 18.5. The van der Waals surface area contributed by atoms with Gasteiger partial charge in [-0.2, -0.15) is 0 Å². The lowest BCUT2D eigenvalue weighted by atomic mass is 10.0. The Hall–Kier alpha value is -1.76. The van der Waals surface area contributed by atoms with E-state index in [1.165, 1.54) is 16.0 Å². The van der Waals surface area contributed by atoms with Gasteiger partial charge in [-0.05, 0) is 24.3 Å². The van der Waals surface area contributed by atoms with Crippen molar-refractivity contribution in [2.24, 2.45) is 0 Å². The molecule has 0 atom stereocenters. The molecule has 5 nitrogen and oxygen atoms in total. The molecule has 2 aliphatic heterocycles. The van der Waals surface area contributed by atoms with Crippen LogP contribution in [0.2, 0.25) is 0 Å². The summed E-state index contributed by atoms with van der Waals surface area (Å²) >= 11 is 1.79. The molecule has 0 aliphatic carbocycles. The molecule has 2 aliphatic rings. The maximum Gasteiger partial charge on any atom is 0.236 e. The van der Waals surface area contributed by atoms with E-state index in [-0.39, 0.29) is 0 Å². The van der Waals surface area contributed by atoms with Gasteiger partial charge in [-0.3, -0.25) is 14.6 Å². The third-order valence-electron chi connectivity index (χ3n) is 6.04. The summed E-state index contributed by atoms with van der Waals surface area (Å²) < 4.78 is 0. The van der Waals surface area contributed by atoms with Crippen molar-refractivity contribution in [3.63, 3.8) is 0 Å². The van der Waals surface area contributed by atoms with Gasteiger partial charge in [-0.15, -0.1) is 11.3 Å². The van der Waals surface area contributed by atoms with Crippen molar-refractivity contribution in [1.82, 2.24) is 19.7 Å². The predicted molar refractivity (Wildman–Crippen MR) is 119 cm³/mol. The van der Waals surface area contributed by atoms with Gasteiger partial charge in [0, 0.05) is 62.5 Å². The third-order valence-corrected chi connectivity index (χ3v) is 7.07. The number of rotatable bonds is 6. The number of likely N-dealkylation sites (tertiary alicyclic amines) is 1. The van der Waals surface area contributed by atoms with Gasteiger partial charge < -0.3 is 4.90 Å². The van der Waals surface area contributed by atoms with Gasteiger partial charge in [0.05, 0.1) is 6.54 Å². The minimum atomic E-state index is 0.312. The summed E-state index contributed by atoms with van der Waals surface area (Å²) in [4.78, 5) is 25.1. The van der Waals surface area contributed by atoms with Crippen LogP contribution in [0.5, 0.6) is 0 Å². The van der Waals surface area contributed by atoms with E-state index in [1.54, 1.807) is 11.3 Å². The molecule has 2 fully saturated rings. The zero-order chi connectivity index (χ0) is 20.2. The van der Waals surface area contributed by atoms with E-state index < -0.39 is 0 Å². The molecule has 0 unspecified atom stereocenters. The van der Waals surface area contributed by atoms with Crippen molar-refractivity contribution < 1.29 is 4.79 Å². The van der Waals surface area contributed by atoms with Crippen molar-refractivity contribution in [1.29, 1.82) is 0 Å². The van der Waals surface area contributed by atoms with Crippen LogP contribution < -0.4 is 0 Å². The standard InChI is InChI=1S/C23H32N4OS/c1-18(2)19-5-7-20(8-6-19)23-24-15-21(29-23)16-25-11-13-26(14-12-25)17-22(28)27-9-3-4-10-27/h5-8,15,18H,3-4,9-14,16-17H2,1-2H3. The number of hydrogen-bond acceptors (Lipinski definition) is 5. The van der Waals surface area contributed by atoms with Gasteiger partial charge >= 0.3 is 0 Å². The van der Waals surface area contributed by atoms with Gasteiger partial charge in [-0.1, -0.05) is 38.1 Å². The molecule has 1 aromatic carbocycles. The van der Waals surface area contributed by atoms with E-state index in [4.69, 9.17) is 0 Å². The number of aromatic nitrogens is 1. The summed E-state index contributed by atoms with van der Waals surface area (Å²) in [5, 5.41) is 1.10. The van der Waals surface area contributed by atoms with Crippen molar-refractivity contribution in [3.05, 3.63) is 40.9 Å². The van der Waals surface area contributed by atoms with Crippen LogP contribution in [0.3, 0.4) is 0 Å². The second-order valence-corrected chi connectivity index (χ2v) is 9.66.